The van der Waals surface area contributed by atoms with Gasteiger partial charge in [-0.05, 0) is 6.42 Å². The first-order chi connectivity index (χ1) is 8.20. The predicted octanol–water partition coefficient (Wildman–Crippen LogP) is 0.908. The summed E-state index contributed by atoms with van der Waals surface area (Å²) in [4.78, 5) is 16.8. The van der Waals surface area contributed by atoms with E-state index in [2.05, 4.69) is 22.3 Å². The summed E-state index contributed by atoms with van der Waals surface area (Å²) >= 11 is 1.55. The van der Waals surface area contributed by atoms with E-state index >= 15 is 0 Å². The molecule has 2 rings (SSSR count). The van der Waals surface area contributed by atoms with Crippen LogP contribution in [0.2, 0.25) is 0 Å². The van der Waals surface area contributed by atoms with E-state index in [-0.39, 0.29) is 5.69 Å². The Labute approximate surface area is 103 Å². The van der Waals surface area contributed by atoms with E-state index in [4.69, 9.17) is 0 Å². The largest absolute Gasteiger partial charge is 0.362 e. The molecule has 2 aromatic heterocycles. The van der Waals surface area contributed by atoms with Crippen LogP contribution in [0.25, 0.3) is 0 Å². The van der Waals surface area contributed by atoms with Crippen LogP contribution in [0, 0.1) is 0 Å². The predicted molar refractivity (Wildman–Crippen MR) is 67.5 cm³/mol. The maximum absolute atomic E-state index is 11.6. The number of rotatable bonds is 5. The first-order valence-electron chi connectivity index (χ1n) is 5.47. The molecule has 0 aliphatic rings. The first-order valence-corrected chi connectivity index (χ1v) is 6.29. The van der Waals surface area contributed by atoms with Gasteiger partial charge in [-0.3, -0.25) is 4.57 Å². The molecule has 2 heterocycles. The summed E-state index contributed by atoms with van der Waals surface area (Å²) < 4.78 is 2.88. The van der Waals surface area contributed by atoms with Crippen LogP contribution in [0.5, 0.6) is 0 Å². The Bertz CT molecular complexity index is 541. The molecule has 0 saturated heterocycles. The summed E-state index contributed by atoms with van der Waals surface area (Å²) in [5, 5.41) is 8.12. The fourth-order valence-electron chi connectivity index (χ4n) is 1.37. The summed E-state index contributed by atoms with van der Waals surface area (Å²) in [6.45, 7) is 3.50. The standard InChI is InChI=1S/C10H15N5OS/c1-3-4-11-9-12-5-8(17-9)6-15-10(16)14(2)7-13-15/h5,7H,3-4,6H2,1-2H3,(H,11,12). The maximum atomic E-state index is 11.6. The van der Waals surface area contributed by atoms with Crippen molar-refractivity contribution in [3.63, 3.8) is 0 Å². The molecule has 2 aromatic rings. The molecule has 0 spiro atoms. The Morgan fingerprint density at radius 3 is 3.00 bits per heavy atom. The normalized spacial score (nSPS) is 10.7. The van der Waals surface area contributed by atoms with Gasteiger partial charge in [-0.2, -0.15) is 5.10 Å². The van der Waals surface area contributed by atoms with Crippen LogP contribution < -0.4 is 11.0 Å². The lowest BCUT2D eigenvalue weighted by molar-refractivity contribution is 0.652. The highest BCUT2D eigenvalue weighted by Gasteiger charge is 2.06. The summed E-state index contributed by atoms with van der Waals surface area (Å²) in [6.07, 6.45) is 4.36. The molecule has 0 radical (unpaired) electrons. The third kappa shape index (κ3) is 2.73. The average Bonchev–Trinajstić information content (AvgIpc) is 2.89. The third-order valence-corrected chi connectivity index (χ3v) is 3.21. The van der Waals surface area contributed by atoms with Crippen LogP contribution in [-0.4, -0.2) is 25.9 Å². The number of aromatic nitrogens is 4. The van der Waals surface area contributed by atoms with Gasteiger partial charge in [0.05, 0.1) is 6.54 Å². The number of nitrogens with one attached hydrogen (secondary N) is 1. The lowest BCUT2D eigenvalue weighted by Crippen LogP contribution is -2.23. The molecule has 0 bridgehead atoms. The fraction of sp³-hybridized carbons (Fsp3) is 0.500. The lowest BCUT2D eigenvalue weighted by Gasteiger charge is -1.97. The minimum atomic E-state index is -0.110. The van der Waals surface area contributed by atoms with E-state index in [1.807, 2.05) is 0 Å². The van der Waals surface area contributed by atoms with Crippen molar-refractivity contribution >= 4 is 16.5 Å². The quantitative estimate of drug-likeness (QED) is 0.860. The second kappa shape index (κ2) is 5.13. The van der Waals surface area contributed by atoms with Crippen LogP contribution in [0.1, 0.15) is 18.2 Å². The molecule has 1 N–H and O–H groups in total. The zero-order chi connectivity index (χ0) is 12.3. The first kappa shape index (κ1) is 11.8. The molecule has 0 aliphatic heterocycles. The van der Waals surface area contributed by atoms with E-state index in [1.54, 1.807) is 24.6 Å². The molecule has 0 amide bonds. The van der Waals surface area contributed by atoms with Crippen molar-refractivity contribution in [2.45, 2.75) is 19.9 Å². The molecule has 92 valence electrons. The molecule has 0 atom stereocenters. The van der Waals surface area contributed by atoms with Gasteiger partial charge < -0.3 is 5.32 Å². The highest BCUT2D eigenvalue weighted by atomic mass is 32.1. The van der Waals surface area contributed by atoms with Crippen LogP contribution >= 0.6 is 11.3 Å². The van der Waals surface area contributed by atoms with Gasteiger partial charge >= 0.3 is 5.69 Å². The van der Waals surface area contributed by atoms with Crippen molar-refractivity contribution in [1.82, 2.24) is 19.3 Å². The summed E-state index contributed by atoms with van der Waals surface area (Å²) in [7, 11) is 1.69. The van der Waals surface area contributed by atoms with Gasteiger partial charge in [0.25, 0.3) is 0 Å². The van der Waals surface area contributed by atoms with E-state index < -0.39 is 0 Å². The SMILES string of the molecule is CCCNc1ncc(Cn2ncn(C)c2=O)s1. The Morgan fingerprint density at radius 1 is 1.53 bits per heavy atom. The zero-order valence-corrected chi connectivity index (χ0v) is 10.7. The number of anilines is 1. The molecule has 0 unspecified atom stereocenters. The van der Waals surface area contributed by atoms with Gasteiger partial charge in [-0.15, -0.1) is 11.3 Å². The molecule has 6 nitrogen and oxygen atoms in total. The van der Waals surface area contributed by atoms with Gasteiger partial charge in [-0.1, -0.05) is 6.92 Å². The number of hydrogen-bond donors (Lipinski definition) is 1. The fourth-order valence-corrected chi connectivity index (χ4v) is 2.19. The molecular formula is C10H15N5OS. The van der Waals surface area contributed by atoms with Crippen LogP contribution in [0.3, 0.4) is 0 Å². The van der Waals surface area contributed by atoms with Crippen molar-refractivity contribution < 1.29 is 0 Å². The smallest absolute Gasteiger partial charge is 0.345 e. The zero-order valence-electron chi connectivity index (χ0n) is 9.88. The molecule has 0 aromatic carbocycles. The molecule has 0 saturated carbocycles. The summed E-state index contributed by atoms with van der Waals surface area (Å²) in [6, 6.07) is 0. The van der Waals surface area contributed by atoms with E-state index in [0.29, 0.717) is 6.54 Å². The van der Waals surface area contributed by atoms with Gasteiger partial charge in [0, 0.05) is 24.7 Å². The Morgan fingerprint density at radius 2 is 2.35 bits per heavy atom. The van der Waals surface area contributed by atoms with Crippen molar-refractivity contribution in [3.05, 3.63) is 27.9 Å². The monoisotopic (exact) mass is 253 g/mol. The molecular weight excluding hydrogens is 238 g/mol. The average molecular weight is 253 g/mol. The highest BCUT2D eigenvalue weighted by Crippen LogP contribution is 2.18. The second-order valence-corrected chi connectivity index (χ2v) is 4.86. The van der Waals surface area contributed by atoms with Crippen molar-refractivity contribution in [2.75, 3.05) is 11.9 Å². The van der Waals surface area contributed by atoms with Crippen molar-refractivity contribution in [1.29, 1.82) is 0 Å². The summed E-state index contributed by atoms with van der Waals surface area (Å²) in [5.74, 6) is 0. The molecule has 17 heavy (non-hydrogen) atoms. The Kier molecular flexibility index (Phi) is 3.58. The van der Waals surface area contributed by atoms with Gasteiger partial charge in [-0.25, -0.2) is 14.5 Å². The Balaban J connectivity index is 2.06. The highest BCUT2D eigenvalue weighted by molar-refractivity contribution is 7.15. The van der Waals surface area contributed by atoms with Crippen LogP contribution in [0.15, 0.2) is 17.3 Å². The van der Waals surface area contributed by atoms with Crippen LogP contribution in [0.4, 0.5) is 5.13 Å². The molecule has 7 heteroatoms. The lowest BCUT2D eigenvalue weighted by atomic mass is 10.5. The second-order valence-electron chi connectivity index (χ2n) is 3.74. The maximum Gasteiger partial charge on any atom is 0.345 e. The van der Waals surface area contributed by atoms with Gasteiger partial charge in [0.2, 0.25) is 0 Å². The molecule has 0 aliphatic carbocycles. The van der Waals surface area contributed by atoms with E-state index in [0.717, 1.165) is 23.0 Å². The van der Waals surface area contributed by atoms with Gasteiger partial charge in [0.1, 0.15) is 6.33 Å². The Hall–Kier alpha value is -1.63. The van der Waals surface area contributed by atoms with E-state index in [9.17, 15) is 4.79 Å². The van der Waals surface area contributed by atoms with Crippen LogP contribution in [-0.2, 0) is 13.6 Å². The third-order valence-electron chi connectivity index (χ3n) is 2.27. The number of nitrogens with zero attached hydrogens (tertiary/aromatic N) is 4. The van der Waals surface area contributed by atoms with E-state index in [1.165, 1.54) is 15.6 Å². The number of hydrogen-bond acceptors (Lipinski definition) is 5. The van der Waals surface area contributed by atoms with Crippen molar-refractivity contribution in [2.24, 2.45) is 7.05 Å². The molecule has 0 fully saturated rings. The summed E-state index contributed by atoms with van der Waals surface area (Å²) in [5.41, 5.74) is -0.110. The number of thiazole rings is 1. The minimum Gasteiger partial charge on any atom is -0.362 e. The van der Waals surface area contributed by atoms with Crippen molar-refractivity contribution in [3.8, 4) is 0 Å². The van der Waals surface area contributed by atoms with Gasteiger partial charge in [0.15, 0.2) is 5.13 Å². The minimum absolute atomic E-state index is 0.110. The topological polar surface area (TPSA) is 64.7 Å². The number of aryl methyl sites for hydroxylation is 1.